The van der Waals surface area contributed by atoms with Crippen LogP contribution in [0, 0.1) is 6.92 Å². The molecular formula is C18H28IN5S. The smallest absolute Gasteiger partial charge is 0.193 e. The van der Waals surface area contributed by atoms with Crippen molar-refractivity contribution in [1.29, 1.82) is 0 Å². The zero-order chi connectivity index (χ0) is 17.4. The lowest BCUT2D eigenvalue weighted by Gasteiger charge is -2.23. The number of guanidine groups is 1. The second kappa shape index (κ2) is 11.3. The fourth-order valence-electron chi connectivity index (χ4n) is 2.51. The number of hydrogen-bond donors (Lipinski definition) is 1. The standard InChI is InChI=1S/C18H27N5S.HI/c1-15-21-16(14-24-15)13-23(4)18(19-2)20-11-8-12-22(3)17-9-6-5-7-10-17;/h5-7,9-10,14H,8,11-13H2,1-4H3,(H,19,20);1H. The van der Waals surface area contributed by atoms with Crippen molar-refractivity contribution in [2.45, 2.75) is 19.9 Å². The molecule has 0 spiro atoms. The number of para-hydroxylation sites is 1. The number of hydrogen-bond acceptors (Lipinski definition) is 4. The first kappa shape index (κ1) is 21.7. The largest absolute Gasteiger partial charge is 0.375 e. The molecule has 0 unspecified atom stereocenters. The number of rotatable bonds is 7. The molecule has 2 aromatic rings. The van der Waals surface area contributed by atoms with Crippen molar-refractivity contribution in [3.63, 3.8) is 0 Å². The van der Waals surface area contributed by atoms with Gasteiger partial charge in [-0.05, 0) is 25.5 Å². The quantitative estimate of drug-likeness (QED) is 0.289. The number of aliphatic imine (C=N–C) groups is 1. The molecule has 5 nitrogen and oxygen atoms in total. The second-order valence-corrected chi connectivity index (χ2v) is 6.86. The van der Waals surface area contributed by atoms with Crippen molar-refractivity contribution < 1.29 is 0 Å². The molecule has 7 heteroatoms. The summed E-state index contributed by atoms with van der Waals surface area (Å²) < 4.78 is 0. The summed E-state index contributed by atoms with van der Waals surface area (Å²) in [6.07, 6.45) is 1.05. The Bertz CT molecular complexity index is 644. The molecule has 0 atom stereocenters. The van der Waals surface area contributed by atoms with Gasteiger partial charge in [0, 0.05) is 45.3 Å². The summed E-state index contributed by atoms with van der Waals surface area (Å²) >= 11 is 1.68. The molecule has 0 saturated carbocycles. The van der Waals surface area contributed by atoms with Crippen molar-refractivity contribution in [1.82, 2.24) is 15.2 Å². The van der Waals surface area contributed by atoms with Gasteiger partial charge in [0.15, 0.2) is 5.96 Å². The average Bonchev–Trinajstić information content (AvgIpc) is 3.00. The highest BCUT2D eigenvalue weighted by Gasteiger charge is 2.08. The van der Waals surface area contributed by atoms with Crippen molar-refractivity contribution in [2.24, 2.45) is 4.99 Å². The minimum absolute atomic E-state index is 0. The molecule has 0 aliphatic carbocycles. The molecule has 0 aliphatic rings. The summed E-state index contributed by atoms with van der Waals surface area (Å²) in [4.78, 5) is 13.2. The maximum Gasteiger partial charge on any atom is 0.193 e. The van der Waals surface area contributed by atoms with E-state index in [4.69, 9.17) is 0 Å². The normalized spacial score (nSPS) is 11.0. The zero-order valence-electron chi connectivity index (χ0n) is 15.4. The van der Waals surface area contributed by atoms with Crippen LogP contribution in [0.1, 0.15) is 17.1 Å². The first-order valence-corrected chi connectivity index (χ1v) is 9.07. The number of thiazole rings is 1. The highest BCUT2D eigenvalue weighted by atomic mass is 127. The van der Waals surface area contributed by atoms with E-state index in [1.54, 1.807) is 11.3 Å². The number of aryl methyl sites for hydroxylation is 1. The molecule has 0 fully saturated rings. The molecule has 1 aromatic heterocycles. The zero-order valence-corrected chi connectivity index (χ0v) is 18.5. The van der Waals surface area contributed by atoms with Gasteiger partial charge in [0.25, 0.3) is 0 Å². The molecule has 0 aliphatic heterocycles. The molecule has 0 bridgehead atoms. The fourth-order valence-corrected chi connectivity index (χ4v) is 3.12. The summed E-state index contributed by atoms with van der Waals surface area (Å²) in [6, 6.07) is 10.5. The highest BCUT2D eigenvalue weighted by molar-refractivity contribution is 14.0. The van der Waals surface area contributed by atoms with Crippen molar-refractivity contribution in [2.75, 3.05) is 39.1 Å². The second-order valence-electron chi connectivity index (χ2n) is 5.80. The predicted molar refractivity (Wildman–Crippen MR) is 119 cm³/mol. The Labute approximate surface area is 172 Å². The molecule has 1 N–H and O–H groups in total. The van der Waals surface area contributed by atoms with Crippen LogP contribution < -0.4 is 10.2 Å². The summed E-state index contributed by atoms with van der Waals surface area (Å²) in [7, 11) is 5.99. The van der Waals surface area contributed by atoms with E-state index in [0.717, 1.165) is 42.7 Å². The monoisotopic (exact) mass is 473 g/mol. The Morgan fingerprint density at radius 1 is 1.24 bits per heavy atom. The van der Waals surface area contributed by atoms with Crippen LogP contribution in [0.2, 0.25) is 0 Å². The molecule has 0 amide bonds. The Morgan fingerprint density at radius 3 is 2.56 bits per heavy atom. The van der Waals surface area contributed by atoms with Crippen LogP contribution in [-0.4, -0.2) is 50.1 Å². The van der Waals surface area contributed by atoms with Gasteiger partial charge in [-0.2, -0.15) is 0 Å². The third kappa shape index (κ3) is 7.19. The van der Waals surface area contributed by atoms with Gasteiger partial charge in [-0.1, -0.05) is 18.2 Å². The van der Waals surface area contributed by atoms with E-state index in [1.807, 2.05) is 27.1 Å². The van der Waals surface area contributed by atoms with Crippen LogP contribution >= 0.6 is 35.3 Å². The van der Waals surface area contributed by atoms with Crippen LogP contribution in [0.25, 0.3) is 0 Å². The van der Waals surface area contributed by atoms with E-state index in [-0.39, 0.29) is 24.0 Å². The highest BCUT2D eigenvalue weighted by Crippen LogP contribution is 2.11. The van der Waals surface area contributed by atoms with Gasteiger partial charge >= 0.3 is 0 Å². The first-order chi connectivity index (χ1) is 11.6. The van der Waals surface area contributed by atoms with Crippen molar-refractivity contribution in [3.05, 3.63) is 46.4 Å². The van der Waals surface area contributed by atoms with Gasteiger partial charge in [0.05, 0.1) is 17.2 Å². The van der Waals surface area contributed by atoms with Gasteiger partial charge in [-0.15, -0.1) is 35.3 Å². The summed E-state index contributed by atoms with van der Waals surface area (Å²) in [5.41, 5.74) is 2.34. The molecule has 2 rings (SSSR count). The average molecular weight is 473 g/mol. The Balaban J connectivity index is 0.00000312. The van der Waals surface area contributed by atoms with E-state index in [1.165, 1.54) is 5.69 Å². The number of benzene rings is 1. The lowest BCUT2D eigenvalue weighted by Crippen LogP contribution is -2.39. The van der Waals surface area contributed by atoms with E-state index in [9.17, 15) is 0 Å². The molecule has 138 valence electrons. The third-order valence-electron chi connectivity index (χ3n) is 3.79. The maximum atomic E-state index is 4.51. The van der Waals surface area contributed by atoms with E-state index in [2.05, 4.69) is 61.8 Å². The van der Waals surface area contributed by atoms with E-state index >= 15 is 0 Å². The lowest BCUT2D eigenvalue weighted by molar-refractivity contribution is 0.470. The lowest BCUT2D eigenvalue weighted by atomic mass is 10.3. The molecule has 1 aromatic carbocycles. The number of nitrogens with one attached hydrogen (secondary N) is 1. The summed E-state index contributed by atoms with van der Waals surface area (Å²) in [6.45, 7) is 4.70. The molecule has 25 heavy (non-hydrogen) atoms. The van der Waals surface area contributed by atoms with Crippen LogP contribution in [0.4, 0.5) is 5.69 Å². The van der Waals surface area contributed by atoms with Gasteiger partial charge in [0.1, 0.15) is 0 Å². The molecule has 0 radical (unpaired) electrons. The Kier molecular flexibility index (Phi) is 9.81. The Morgan fingerprint density at radius 2 is 1.96 bits per heavy atom. The summed E-state index contributed by atoms with van der Waals surface area (Å²) in [5, 5.41) is 6.64. The minimum atomic E-state index is 0. The number of nitrogens with zero attached hydrogens (tertiary/aromatic N) is 4. The van der Waals surface area contributed by atoms with Crippen LogP contribution in [0.3, 0.4) is 0 Å². The van der Waals surface area contributed by atoms with Crippen LogP contribution in [0.5, 0.6) is 0 Å². The Hall–Kier alpha value is -1.35. The number of halogens is 1. The molecule has 0 saturated heterocycles. The SMILES string of the molecule is CN=C(NCCCN(C)c1ccccc1)N(C)Cc1csc(C)n1.I. The third-order valence-corrected chi connectivity index (χ3v) is 4.61. The van der Waals surface area contributed by atoms with Gasteiger partial charge in [0.2, 0.25) is 0 Å². The van der Waals surface area contributed by atoms with Crippen LogP contribution in [-0.2, 0) is 6.54 Å². The number of aromatic nitrogens is 1. The topological polar surface area (TPSA) is 43.8 Å². The van der Waals surface area contributed by atoms with Gasteiger partial charge < -0.3 is 15.1 Å². The van der Waals surface area contributed by atoms with Gasteiger partial charge in [-0.3, -0.25) is 4.99 Å². The predicted octanol–water partition coefficient (Wildman–Crippen LogP) is 3.60. The maximum absolute atomic E-state index is 4.51. The molecule has 1 heterocycles. The van der Waals surface area contributed by atoms with E-state index < -0.39 is 0 Å². The van der Waals surface area contributed by atoms with E-state index in [0.29, 0.717) is 0 Å². The van der Waals surface area contributed by atoms with Crippen LogP contribution in [0.15, 0.2) is 40.7 Å². The first-order valence-electron chi connectivity index (χ1n) is 8.19. The van der Waals surface area contributed by atoms with Gasteiger partial charge in [-0.25, -0.2) is 4.98 Å². The molecular weight excluding hydrogens is 445 g/mol. The van der Waals surface area contributed by atoms with Crippen molar-refractivity contribution in [3.8, 4) is 0 Å². The summed E-state index contributed by atoms with van der Waals surface area (Å²) in [5.74, 6) is 0.906. The minimum Gasteiger partial charge on any atom is -0.375 e. The number of anilines is 1. The fraction of sp³-hybridized carbons (Fsp3) is 0.444. The van der Waals surface area contributed by atoms with Crippen molar-refractivity contribution >= 4 is 47.0 Å².